The largest absolute Gasteiger partial charge is 0.467 e. The summed E-state index contributed by atoms with van der Waals surface area (Å²) in [5.41, 5.74) is 0.413. The molecule has 1 aromatic carbocycles. The maximum Gasteiger partial charge on any atom is 0.243 e. The maximum absolute atomic E-state index is 12.7. The minimum absolute atomic E-state index is 0.0863. The first-order valence-electron chi connectivity index (χ1n) is 8.31. The highest BCUT2D eigenvalue weighted by Crippen LogP contribution is 2.24. The summed E-state index contributed by atoms with van der Waals surface area (Å²) >= 11 is 0. The van der Waals surface area contributed by atoms with Crippen LogP contribution in [0.1, 0.15) is 24.2 Å². The highest BCUT2D eigenvalue weighted by Gasteiger charge is 2.32. The fourth-order valence-electron chi connectivity index (χ4n) is 2.94. The lowest BCUT2D eigenvalue weighted by Crippen LogP contribution is -2.42. The van der Waals surface area contributed by atoms with Crippen molar-refractivity contribution in [1.82, 2.24) is 9.62 Å². The Morgan fingerprint density at radius 3 is 2.50 bits per heavy atom. The zero-order valence-electron chi connectivity index (χ0n) is 14.1. The summed E-state index contributed by atoms with van der Waals surface area (Å²) < 4.78 is 31.9. The van der Waals surface area contributed by atoms with Crippen molar-refractivity contribution >= 4 is 15.9 Å². The number of nitrogens with zero attached hydrogens (tertiary/aromatic N) is 2. The smallest absolute Gasteiger partial charge is 0.243 e. The summed E-state index contributed by atoms with van der Waals surface area (Å²) in [5.74, 6) is 0.383. The molecule has 7 nitrogen and oxygen atoms in total. The summed E-state index contributed by atoms with van der Waals surface area (Å²) in [6, 6.07) is 11.4. The maximum atomic E-state index is 12.7. The van der Waals surface area contributed by atoms with Crippen LogP contribution in [0.25, 0.3) is 0 Å². The van der Waals surface area contributed by atoms with Gasteiger partial charge in [-0.15, -0.1) is 0 Å². The van der Waals surface area contributed by atoms with Crippen LogP contribution >= 0.6 is 0 Å². The van der Waals surface area contributed by atoms with Crippen LogP contribution in [0, 0.1) is 17.2 Å². The third-order valence-electron chi connectivity index (χ3n) is 4.46. The average molecular weight is 373 g/mol. The van der Waals surface area contributed by atoms with Gasteiger partial charge < -0.3 is 9.73 Å². The molecule has 1 amide bonds. The number of rotatable bonds is 5. The van der Waals surface area contributed by atoms with Crippen LogP contribution in [0.4, 0.5) is 0 Å². The summed E-state index contributed by atoms with van der Waals surface area (Å²) in [7, 11) is -3.61. The summed E-state index contributed by atoms with van der Waals surface area (Å²) in [6.45, 7) is 0.915. The van der Waals surface area contributed by atoms with E-state index in [1.165, 1.54) is 28.6 Å². The Hall–Kier alpha value is -2.63. The molecular weight excluding hydrogens is 354 g/mol. The van der Waals surface area contributed by atoms with Gasteiger partial charge in [-0.05, 0) is 49.2 Å². The molecule has 0 bridgehead atoms. The zero-order valence-corrected chi connectivity index (χ0v) is 14.9. The molecule has 0 spiro atoms. The zero-order chi connectivity index (χ0) is 18.6. The predicted octanol–water partition coefficient (Wildman–Crippen LogP) is 1.87. The van der Waals surface area contributed by atoms with Crippen LogP contribution in [-0.2, 0) is 21.4 Å². The number of piperidine rings is 1. The van der Waals surface area contributed by atoms with Crippen LogP contribution in [0.3, 0.4) is 0 Å². The van der Waals surface area contributed by atoms with Crippen molar-refractivity contribution in [2.75, 3.05) is 13.1 Å². The Kier molecular flexibility index (Phi) is 5.40. The van der Waals surface area contributed by atoms with Gasteiger partial charge >= 0.3 is 0 Å². The van der Waals surface area contributed by atoms with E-state index in [0.29, 0.717) is 43.8 Å². The van der Waals surface area contributed by atoms with Crippen molar-refractivity contribution < 1.29 is 17.6 Å². The predicted molar refractivity (Wildman–Crippen MR) is 93.2 cm³/mol. The molecule has 1 aromatic heterocycles. The molecule has 0 aliphatic carbocycles. The van der Waals surface area contributed by atoms with E-state index in [1.807, 2.05) is 6.07 Å². The first-order valence-corrected chi connectivity index (χ1v) is 9.75. The molecule has 1 aliphatic rings. The number of nitriles is 1. The number of sulfonamides is 1. The minimum Gasteiger partial charge on any atom is -0.467 e. The Morgan fingerprint density at radius 2 is 1.92 bits per heavy atom. The lowest BCUT2D eigenvalue weighted by Gasteiger charge is -2.30. The molecule has 1 aliphatic heterocycles. The van der Waals surface area contributed by atoms with E-state index in [0.717, 1.165) is 0 Å². The Balaban J connectivity index is 1.56. The standard InChI is InChI=1S/C18H19N3O4S/c19-12-14-3-5-17(6-4-14)26(23,24)21-9-7-15(8-10-21)18(22)20-13-16-2-1-11-25-16/h1-6,11,15H,7-10,13H2,(H,20,22). The van der Waals surface area contributed by atoms with E-state index in [9.17, 15) is 13.2 Å². The van der Waals surface area contributed by atoms with Gasteiger partial charge in [-0.3, -0.25) is 4.79 Å². The molecule has 8 heteroatoms. The second-order valence-corrected chi connectivity index (χ2v) is 8.05. The van der Waals surface area contributed by atoms with Crippen LogP contribution in [0.5, 0.6) is 0 Å². The van der Waals surface area contributed by atoms with Gasteiger partial charge in [0.15, 0.2) is 0 Å². The molecule has 0 saturated carbocycles. The van der Waals surface area contributed by atoms with E-state index in [-0.39, 0.29) is 16.7 Å². The molecule has 0 atom stereocenters. The van der Waals surface area contributed by atoms with E-state index in [1.54, 1.807) is 18.4 Å². The molecule has 2 heterocycles. The molecule has 3 rings (SSSR count). The fourth-order valence-corrected chi connectivity index (χ4v) is 4.41. The highest BCUT2D eigenvalue weighted by molar-refractivity contribution is 7.89. The summed E-state index contributed by atoms with van der Waals surface area (Å²) in [4.78, 5) is 12.4. The fraction of sp³-hybridized carbons (Fsp3) is 0.333. The van der Waals surface area contributed by atoms with Crippen molar-refractivity contribution in [3.05, 3.63) is 54.0 Å². The van der Waals surface area contributed by atoms with Gasteiger partial charge in [-0.25, -0.2) is 8.42 Å². The minimum atomic E-state index is -3.61. The molecular formula is C18H19N3O4S. The van der Waals surface area contributed by atoms with E-state index < -0.39 is 10.0 Å². The molecule has 0 unspecified atom stereocenters. The molecule has 1 saturated heterocycles. The van der Waals surface area contributed by atoms with Gasteiger partial charge in [0, 0.05) is 19.0 Å². The number of amides is 1. The summed E-state index contributed by atoms with van der Waals surface area (Å²) in [5, 5.41) is 11.6. The number of hydrogen-bond acceptors (Lipinski definition) is 5. The SMILES string of the molecule is N#Cc1ccc(S(=O)(=O)N2CCC(C(=O)NCc3ccco3)CC2)cc1. The second-order valence-electron chi connectivity index (χ2n) is 6.11. The van der Waals surface area contributed by atoms with Crippen molar-refractivity contribution in [3.8, 4) is 6.07 Å². The van der Waals surface area contributed by atoms with Crippen LogP contribution in [-0.4, -0.2) is 31.7 Å². The van der Waals surface area contributed by atoms with E-state index in [4.69, 9.17) is 9.68 Å². The van der Waals surface area contributed by atoms with Crippen LogP contribution in [0.2, 0.25) is 0 Å². The number of furan rings is 1. The van der Waals surface area contributed by atoms with Crippen molar-refractivity contribution in [1.29, 1.82) is 5.26 Å². The monoisotopic (exact) mass is 373 g/mol. The Labute approximate surface area is 152 Å². The molecule has 1 fully saturated rings. The van der Waals surface area contributed by atoms with Gasteiger partial charge in [-0.1, -0.05) is 0 Å². The number of hydrogen-bond donors (Lipinski definition) is 1. The van der Waals surface area contributed by atoms with Crippen molar-refractivity contribution in [2.45, 2.75) is 24.3 Å². The molecule has 0 radical (unpaired) electrons. The van der Waals surface area contributed by atoms with Crippen LogP contribution < -0.4 is 5.32 Å². The molecule has 1 N–H and O–H groups in total. The molecule has 136 valence electrons. The van der Waals surface area contributed by atoms with Crippen LogP contribution in [0.15, 0.2) is 52.0 Å². The number of nitrogens with one attached hydrogen (secondary N) is 1. The lowest BCUT2D eigenvalue weighted by molar-refractivity contribution is -0.126. The third kappa shape index (κ3) is 3.95. The number of carbonyl (C=O) groups is 1. The van der Waals surface area contributed by atoms with Gasteiger partial charge in [0.2, 0.25) is 15.9 Å². The van der Waals surface area contributed by atoms with E-state index >= 15 is 0 Å². The van der Waals surface area contributed by atoms with Crippen molar-refractivity contribution in [3.63, 3.8) is 0 Å². The topological polar surface area (TPSA) is 103 Å². The molecule has 26 heavy (non-hydrogen) atoms. The first-order chi connectivity index (χ1) is 12.5. The van der Waals surface area contributed by atoms with Gasteiger partial charge in [0.1, 0.15) is 5.76 Å². The first kappa shape index (κ1) is 18.2. The molecule has 2 aromatic rings. The highest BCUT2D eigenvalue weighted by atomic mass is 32.2. The van der Waals surface area contributed by atoms with Gasteiger partial charge in [0.25, 0.3) is 0 Å². The Bertz CT molecular complexity index is 891. The van der Waals surface area contributed by atoms with Crippen molar-refractivity contribution in [2.24, 2.45) is 5.92 Å². The third-order valence-corrected chi connectivity index (χ3v) is 6.38. The van der Waals surface area contributed by atoms with Gasteiger partial charge in [0.05, 0.1) is 29.3 Å². The lowest BCUT2D eigenvalue weighted by atomic mass is 9.97. The Morgan fingerprint density at radius 1 is 1.23 bits per heavy atom. The number of benzene rings is 1. The van der Waals surface area contributed by atoms with Gasteiger partial charge in [-0.2, -0.15) is 9.57 Å². The quantitative estimate of drug-likeness (QED) is 0.862. The normalized spacial score (nSPS) is 16.1. The summed E-state index contributed by atoms with van der Waals surface area (Å²) in [6.07, 6.45) is 2.49. The average Bonchev–Trinajstić information content (AvgIpc) is 3.20. The number of carbonyl (C=O) groups excluding carboxylic acids is 1. The second kappa shape index (κ2) is 7.72. The van der Waals surface area contributed by atoms with E-state index in [2.05, 4.69) is 5.32 Å².